The molecule has 0 aromatic heterocycles. The average Bonchev–Trinajstić information content (AvgIpc) is 2.35. The Balaban J connectivity index is 2.63. The Kier molecular flexibility index (Phi) is 7.38. The van der Waals surface area contributed by atoms with E-state index in [4.69, 9.17) is 0 Å². The van der Waals surface area contributed by atoms with E-state index in [-0.39, 0.29) is 0 Å². The zero-order valence-corrected chi connectivity index (χ0v) is 14.1. The van der Waals surface area contributed by atoms with Crippen molar-refractivity contribution in [2.45, 2.75) is 72.9 Å². The van der Waals surface area contributed by atoms with E-state index in [2.05, 4.69) is 51.8 Å². The highest BCUT2D eigenvalue weighted by molar-refractivity contribution is 4.87. The molecule has 1 aliphatic heterocycles. The highest BCUT2D eigenvalue weighted by Gasteiger charge is 2.29. The van der Waals surface area contributed by atoms with Crippen molar-refractivity contribution >= 4 is 0 Å². The molecule has 0 aromatic rings. The van der Waals surface area contributed by atoms with Gasteiger partial charge in [0.1, 0.15) is 0 Å². The third kappa shape index (κ3) is 5.07. The van der Waals surface area contributed by atoms with Crippen LogP contribution in [0.25, 0.3) is 0 Å². The van der Waals surface area contributed by atoms with Gasteiger partial charge in [0.2, 0.25) is 0 Å². The Bertz CT molecular complexity index is 229. The van der Waals surface area contributed by atoms with Crippen molar-refractivity contribution in [1.82, 2.24) is 10.2 Å². The van der Waals surface area contributed by atoms with Gasteiger partial charge in [-0.25, -0.2) is 0 Å². The van der Waals surface area contributed by atoms with E-state index in [9.17, 15) is 0 Å². The standard InChI is InChI=1S/C17H36N2/c1-7-9-15-11-19(16(8-2)10-18-15)12-17(13(3)4)14(5)6/h13-18H,7-12H2,1-6H3. The fourth-order valence-corrected chi connectivity index (χ4v) is 3.56. The minimum Gasteiger partial charge on any atom is -0.311 e. The van der Waals surface area contributed by atoms with E-state index in [0.29, 0.717) is 6.04 Å². The number of rotatable bonds is 7. The molecule has 0 aliphatic carbocycles. The third-order valence-electron chi connectivity index (χ3n) is 4.88. The van der Waals surface area contributed by atoms with Crippen molar-refractivity contribution in [3.63, 3.8) is 0 Å². The van der Waals surface area contributed by atoms with Crippen molar-refractivity contribution in [3.8, 4) is 0 Å². The van der Waals surface area contributed by atoms with Gasteiger partial charge in [-0.3, -0.25) is 4.90 Å². The van der Waals surface area contributed by atoms with Crippen LogP contribution < -0.4 is 5.32 Å². The van der Waals surface area contributed by atoms with Gasteiger partial charge in [-0.15, -0.1) is 0 Å². The van der Waals surface area contributed by atoms with Crippen LogP contribution >= 0.6 is 0 Å². The molecule has 0 radical (unpaired) electrons. The Hall–Kier alpha value is -0.0800. The summed E-state index contributed by atoms with van der Waals surface area (Å²) in [4.78, 5) is 2.78. The first-order valence-corrected chi connectivity index (χ1v) is 8.46. The molecular formula is C17H36N2. The van der Waals surface area contributed by atoms with Crippen LogP contribution in [0, 0.1) is 17.8 Å². The number of nitrogens with zero attached hydrogens (tertiary/aromatic N) is 1. The minimum absolute atomic E-state index is 0.716. The molecule has 114 valence electrons. The second kappa shape index (κ2) is 8.26. The summed E-state index contributed by atoms with van der Waals surface area (Å²) in [5.41, 5.74) is 0. The second-order valence-electron chi connectivity index (χ2n) is 7.06. The first kappa shape index (κ1) is 17.0. The number of piperazine rings is 1. The topological polar surface area (TPSA) is 15.3 Å². The van der Waals surface area contributed by atoms with Gasteiger partial charge in [0.05, 0.1) is 0 Å². The van der Waals surface area contributed by atoms with Gasteiger partial charge >= 0.3 is 0 Å². The van der Waals surface area contributed by atoms with E-state index in [0.717, 1.165) is 23.8 Å². The van der Waals surface area contributed by atoms with Gasteiger partial charge in [-0.05, 0) is 30.6 Å². The molecule has 0 amide bonds. The normalized spacial score (nSPS) is 25.7. The van der Waals surface area contributed by atoms with Crippen LogP contribution in [0.1, 0.15) is 60.8 Å². The highest BCUT2D eigenvalue weighted by atomic mass is 15.2. The summed E-state index contributed by atoms with van der Waals surface area (Å²) in [6.07, 6.45) is 3.88. The first-order chi connectivity index (χ1) is 8.99. The van der Waals surface area contributed by atoms with Crippen LogP contribution in [-0.2, 0) is 0 Å². The molecule has 2 atom stereocenters. The highest BCUT2D eigenvalue weighted by Crippen LogP contribution is 2.24. The quantitative estimate of drug-likeness (QED) is 0.756. The summed E-state index contributed by atoms with van der Waals surface area (Å²) in [7, 11) is 0. The second-order valence-corrected chi connectivity index (χ2v) is 7.06. The molecule has 1 saturated heterocycles. The van der Waals surface area contributed by atoms with Gasteiger partial charge in [0.25, 0.3) is 0 Å². The smallest absolute Gasteiger partial charge is 0.0218 e. The lowest BCUT2D eigenvalue weighted by Crippen LogP contribution is -2.57. The molecule has 0 aromatic carbocycles. The van der Waals surface area contributed by atoms with Crippen molar-refractivity contribution < 1.29 is 0 Å². The summed E-state index contributed by atoms with van der Waals surface area (Å²) >= 11 is 0. The summed E-state index contributed by atoms with van der Waals surface area (Å²) in [6.45, 7) is 17.9. The monoisotopic (exact) mass is 268 g/mol. The molecule has 1 rings (SSSR count). The molecule has 0 spiro atoms. The summed E-state index contributed by atoms with van der Waals surface area (Å²) in [5, 5.41) is 3.74. The lowest BCUT2D eigenvalue weighted by Gasteiger charge is -2.43. The molecule has 19 heavy (non-hydrogen) atoms. The van der Waals surface area contributed by atoms with E-state index >= 15 is 0 Å². The van der Waals surface area contributed by atoms with Gasteiger partial charge < -0.3 is 5.32 Å². The fourth-order valence-electron chi connectivity index (χ4n) is 3.56. The molecule has 0 saturated carbocycles. The molecule has 2 nitrogen and oxygen atoms in total. The largest absolute Gasteiger partial charge is 0.311 e. The van der Waals surface area contributed by atoms with Crippen LogP contribution in [0.15, 0.2) is 0 Å². The predicted octanol–water partition coefficient (Wildman–Crippen LogP) is 3.77. The SMILES string of the molecule is CCCC1CN(CC(C(C)C)C(C)C)C(CC)CN1. The number of nitrogens with one attached hydrogen (secondary N) is 1. The summed E-state index contributed by atoms with van der Waals surface area (Å²) in [5.74, 6) is 2.41. The molecule has 1 aliphatic rings. The molecule has 0 bridgehead atoms. The molecule has 1 heterocycles. The van der Waals surface area contributed by atoms with Gasteiger partial charge in [0.15, 0.2) is 0 Å². The van der Waals surface area contributed by atoms with E-state index in [1.807, 2.05) is 0 Å². The lowest BCUT2D eigenvalue weighted by atomic mass is 9.84. The maximum atomic E-state index is 3.74. The molecule has 1 N–H and O–H groups in total. The number of hydrogen-bond donors (Lipinski definition) is 1. The van der Waals surface area contributed by atoms with Crippen LogP contribution in [-0.4, -0.2) is 36.6 Å². The van der Waals surface area contributed by atoms with Crippen molar-refractivity contribution in [2.24, 2.45) is 17.8 Å². The van der Waals surface area contributed by atoms with Gasteiger partial charge in [-0.1, -0.05) is 48.0 Å². The number of hydrogen-bond acceptors (Lipinski definition) is 2. The summed E-state index contributed by atoms with van der Waals surface area (Å²) < 4.78 is 0. The maximum Gasteiger partial charge on any atom is 0.0218 e. The lowest BCUT2D eigenvalue weighted by molar-refractivity contribution is 0.0793. The van der Waals surface area contributed by atoms with Crippen molar-refractivity contribution in [3.05, 3.63) is 0 Å². The first-order valence-electron chi connectivity index (χ1n) is 8.46. The van der Waals surface area contributed by atoms with Gasteiger partial charge in [-0.2, -0.15) is 0 Å². The van der Waals surface area contributed by atoms with Crippen molar-refractivity contribution in [1.29, 1.82) is 0 Å². The Labute approximate surface area is 121 Å². The van der Waals surface area contributed by atoms with Crippen LogP contribution in [0.4, 0.5) is 0 Å². The predicted molar refractivity (Wildman–Crippen MR) is 85.5 cm³/mol. The Morgan fingerprint density at radius 3 is 2.21 bits per heavy atom. The van der Waals surface area contributed by atoms with E-state index in [1.165, 1.54) is 38.9 Å². The summed E-state index contributed by atoms with van der Waals surface area (Å²) in [6, 6.07) is 1.46. The van der Waals surface area contributed by atoms with Crippen LogP contribution in [0.3, 0.4) is 0 Å². The molecule has 1 fully saturated rings. The average molecular weight is 268 g/mol. The Morgan fingerprint density at radius 2 is 1.74 bits per heavy atom. The fraction of sp³-hybridized carbons (Fsp3) is 1.00. The zero-order valence-electron chi connectivity index (χ0n) is 14.1. The minimum atomic E-state index is 0.716. The molecular weight excluding hydrogens is 232 g/mol. The zero-order chi connectivity index (χ0) is 14.4. The van der Waals surface area contributed by atoms with Crippen molar-refractivity contribution in [2.75, 3.05) is 19.6 Å². The molecule has 2 unspecified atom stereocenters. The van der Waals surface area contributed by atoms with E-state index in [1.54, 1.807) is 0 Å². The Morgan fingerprint density at radius 1 is 1.11 bits per heavy atom. The van der Waals surface area contributed by atoms with Crippen LogP contribution in [0.5, 0.6) is 0 Å². The third-order valence-corrected chi connectivity index (χ3v) is 4.88. The molecule has 2 heteroatoms. The van der Waals surface area contributed by atoms with Crippen LogP contribution in [0.2, 0.25) is 0 Å². The van der Waals surface area contributed by atoms with E-state index < -0.39 is 0 Å². The maximum absolute atomic E-state index is 3.74. The van der Waals surface area contributed by atoms with Gasteiger partial charge in [0, 0.05) is 31.7 Å².